The number of ether oxygens (including phenoxy) is 1. The van der Waals surface area contributed by atoms with E-state index in [1.54, 1.807) is 6.07 Å². The van der Waals surface area contributed by atoms with Gasteiger partial charge in [-0.1, -0.05) is 55.6 Å². The van der Waals surface area contributed by atoms with E-state index >= 15 is 0 Å². The Kier molecular flexibility index (Phi) is 4.27. The highest BCUT2D eigenvalue weighted by atomic mass is 79.9. The summed E-state index contributed by atoms with van der Waals surface area (Å²) in [5.74, 6) is 0.382. The second-order valence-electron chi connectivity index (χ2n) is 7.59. The molecule has 2 N–H and O–H groups in total. The van der Waals surface area contributed by atoms with Gasteiger partial charge in [-0.05, 0) is 60.2 Å². The molecular weight excluding hydrogens is 546 g/mol. The van der Waals surface area contributed by atoms with Gasteiger partial charge in [-0.25, -0.2) is 0 Å². The van der Waals surface area contributed by atoms with Crippen molar-refractivity contribution in [3.05, 3.63) is 97.4 Å². The number of fused-ring (bicyclic) bond motifs is 6. The number of halogens is 3. The van der Waals surface area contributed by atoms with Gasteiger partial charge in [-0.15, -0.1) is 0 Å². The van der Waals surface area contributed by atoms with Crippen LogP contribution in [0.3, 0.4) is 0 Å². The maximum Gasteiger partial charge on any atom is 0.291 e. The van der Waals surface area contributed by atoms with Crippen LogP contribution in [0.25, 0.3) is 5.70 Å². The average molecular weight is 560 g/mol. The fourth-order valence-corrected chi connectivity index (χ4v) is 5.20. The minimum Gasteiger partial charge on any atom is -0.457 e. The Morgan fingerprint density at radius 3 is 2.58 bits per heavy atom. The second kappa shape index (κ2) is 6.84. The van der Waals surface area contributed by atoms with Gasteiger partial charge in [0, 0.05) is 25.1 Å². The van der Waals surface area contributed by atoms with Crippen molar-refractivity contribution in [2.45, 2.75) is 11.8 Å². The maximum atomic E-state index is 13.4. The first-order valence-corrected chi connectivity index (χ1v) is 11.6. The lowest BCUT2D eigenvalue weighted by Gasteiger charge is -2.44. The van der Waals surface area contributed by atoms with Crippen LogP contribution in [0, 0.1) is 0 Å². The molecule has 0 aromatic heterocycles. The smallest absolute Gasteiger partial charge is 0.291 e. The van der Waals surface area contributed by atoms with Crippen LogP contribution in [0.5, 0.6) is 5.75 Å². The first-order valence-electron chi connectivity index (χ1n) is 9.59. The van der Waals surface area contributed by atoms with Crippen molar-refractivity contribution in [1.29, 1.82) is 0 Å². The molecule has 0 fully saturated rings. The summed E-state index contributed by atoms with van der Waals surface area (Å²) in [6.07, 6.45) is 2.10. The highest BCUT2D eigenvalue weighted by molar-refractivity contribution is 9.10. The molecule has 3 aliphatic rings. The number of hydrazine groups is 1. The number of amides is 1. The minimum atomic E-state index is -1.36. The number of benzene rings is 3. The summed E-state index contributed by atoms with van der Waals surface area (Å²) in [7, 11) is 0. The Hall–Kier alpha value is -2.32. The maximum absolute atomic E-state index is 13.4. The van der Waals surface area contributed by atoms with Crippen LogP contribution < -0.4 is 15.5 Å². The minimum absolute atomic E-state index is 0.246. The molecule has 0 aliphatic carbocycles. The molecule has 3 aromatic rings. The fourth-order valence-electron chi connectivity index (χ4n) is 4.39. The lowest BCUT2D eigenvalue weighted by molar-refractivity contribution is -0.165. The third-order valence-corrected chi connectivity index (χ3v) is 7.05. The fraction of sp³-hybridized carbons (Fsp3) is 0.0870. The van der Waals surface area contributed by atoms with Gasteiger partial charge in [0.2, 0.25) is 0 Å². The largest absolute Gasteiger partial charge is 0.457 e. The van der Waals surface area contributed by atoms with E-state index in [4.69, 9.17) is 16.3 Å². The second-order valence-corrected chi connectivity index (χ2v) is 9.85. The van der Waals surface area contributed by atoms with Crippen molar-refractivity contribution in [2.75, 3.05) is 5.32 Å². The molecule has 154 valence electrons. The summed E-state index contributed by atoms with van der Waals surface area (Å²) in [5.41, 5.74) is 6.35. The highest BCUT2D eigenvalue weighted by Gasteiger charge is 2.60. The normalized spacial score (nSPS) is 23.4. The topological polar surface area (TPSA) is 53.6 Å². The van der Waals surface area contributed by atoms with Crippen LogP contribution in [0.15, 0.2) is 75.7 Å². The van der Waals surface area contributed by atoms with Gasteiger partial charge in [-0.2, -0.15) is 5.01 Å². The zero-order valence-electron chi connectivity index (χ0n) is 15.8. The lowest BCUT2D eigenvalue weighted by Crippen LogP contribution is -2.60. The Labute approximate surface area is 200 Å². The zero-order valence-corrected chi connectivity index (χ0v) is 19.8. The molecule has 3 aromatic carbocycles. The van der Waals surface area contributed by atoms with Gasteiger partial charge < -0.3 is 15.5 Å². The summed E-state index contributed by atoms with van der Waals surface area (Å²) in [6.45, 7) is 0. The van der Waals surface area contributed by atoms with Crippen LogP contribution in [0.1, 0.15) is 22.7 Å². The van der Waals surface area contributed by atoms with Crippen molar-refractivity contribution in [3.8, 4) is 5.75 Å². The monoisotopic (exact) mass is 557 g/mol. The molecule has 5 nitrogen and oxygen atoms in total. The number of anilines is 1. The first kappa shape index (κ1) is 19.4. The number of hydrogen-bond acceptors (Lipinski definition) is 4. The summed E-state index contributed by atoms with van der Waals surface area (Å²) in [6, 6.07) is 18.9. The highest BCUT2D eigenvalue weighted by Crippen LogP contribution is 2.53. The van der Waals surface area contributed by atoms with Crippen LogP contribution in [0.2, 0.25) is 5.02 Å². The number of carbonyl (C=O) groups excluding carboxylic acids is 1. The average Bonchev–Trinajstić information content (AvgIpc) is 3.31. The van der Waals surface area contributed by atoms with E-state index in [-0.39, 0.29) is 11.9 Å². The third-order valence-electron chi connectivity index (χ3n) is 5.79. The first-order chi connectivity index (χ1) is 15.0. The summed E-state index contributed by atoms with van der Waals surface area (Å²) in [4.78, 5) is 13.4. The number of carbonyl (C=O) groups is 1. The molecule has 0 radical (unpaired) electrons. The van der Waals surface area contributed by atoms with Crippen LogP contribution in [0.4, 0.5) is 5.69 Å². The molecule has 0 saturated heterocycles. The molecule has 1 spiro atoms. The van der Waals surface area contributed by atoms with Crippen LogP contribution in [-0.4, -0.2) is 10.9 Å². The van der Waals surface area contributed by atoms with E-state index in [0.717, 1.165) is 37.0 Å². The van der Waals surface area contributed by atoms with Crippen molar-refractivity contribution >= 4 is 60.8 Å². The SMILES string of the molecule is O=C1Nc2ccc(Br)cc2C12Oc1ccc(Cl)cc1C1C=C(c3ccc(Br)cc3)NN12. The summed E-state index contributed by atoms with van der Waals surface area (Å²) >= 11 is 13.3. The molecular formula is C23H14Br2ClN3O2. The van der Waals surface area contributed by atoms with E-state index in [0.29, 0.717) is 10.8 Å². The third kappa shape index (κ3) is 2.80. The molecule has 1 amide bonds. The quantitative estimate of drug-likeness (QED) is 0.386. The number of nitrogens with one attached hydrogen (secondary N) is 2. The van der Waals surface area contributed by atoms with Crippen molar-refractivity contribution in [3.63, 3.8) is 0 Å². The molecule has 6 rings (SSSR count). The Bertz CT molecular complexity index is 1290. The summed E-state index contributed by atoms with van der Waals surface area (Å²) < 4.78 is 8.34. The molecule has 31 heavy (non-hydrogen) atoms. The standard InChI is InChI=1S/C23H14Br2ClN3O2/c24-13-3-1-12(2-4-13)19-11-20-16-10-15(26)6-8-21(16)31-23(29(20)28-19)17-9-14(25)5-7-18(17)27-22(23)30/h1-11,20,28H,(H,27,30). The molecule has 0 bridgehead atoms. The summed E-state index contributed by atoms with van der Waals surface area (Å²) in [5, 5.41) is 5.47. The Balaban J connectivity index is 1.56. The van der Waals surface area contributed by atoms with Crippen molar-refractivity contribution in [2.24, 2.45) is 0 Å². The number of nitrogens with zero attached hydrogens (tertiary/aromatic N) is 1. The van der Waals surface area contributed by atoms with E-state index in [1.807, 2.05) is 59.6 Å². The molecule has 2 atom stereocenters. The van der Waals surface area contributed by atoms with Crippen molar-refractivity contribution < 1.29 is 9.53 Å². The Morgan fingerprint density at radius 1 is 1.00 bits per heavy atom. The molecule has 2 unspecified atom stereocenters. The molecule has 0 saturated carbocycles. The predicted octanol–water partition coefficient (Wildman–Crippen LogP) is 5.96. The molecule has 8 heteroatoms. The van der Waals surface area contributed by atoms with Gasteiger partial charge in [0.1, 0.15) is 5.75 Å². The number of hydrogen-bond donors (Lipinski definition) is 2. The van der Waals surface area contributed by atoms with E-state index in [9.17, 15) is 4.79 Å². The van der Waals surface area contributed by atoms with Gasteiger partial charge in [0.15, 0.2) is 0 Å². The molecule has 3 heterocycles. The van der Waals surface area contributed by atoms with E-state index in [2.05, 4.69) is 48.7 Å². The van der Waals surface area contributed by atoms with Crippen LogP contribution in [-0.2, 0) is 10.5 Å². The number of rotatable bonds is 1. The van der Waals surface area contributed by atoms with Crippen LogP contribution >= 0.6 is 43.5 Å². The van der Waals surface area contributed by atoms with Gasteiger partial charge in [-0.3, -0.25) is 4.79 Å². The van der Waals surface area contributed by atoms with Gasteiger partial charge in [0.25, 0.3) is 11.6 Å². The Morgan fingerprint density at radius 2 is 1.77 bits per heavy atom. The predicted molar refractivity (Wildman–Crippen MR) is 126 cm³/mol. The lowest BCUT2D eigenvalue weighted by atomic mass is 9.95. The van der Waals surface area contributed by atoms with Gasteiger partial charge in [0.05, 0.1) is 17.4 Å². The van der Waals surface area contributed by atoms with Gasteiger partial charge >= 0.3 is 0 Å². The molecule has 3 aliphatic heterocycles. The van der Waals surface area contributed by atoms with Crippen molar-refractivity contribution in [1.82, 2.24) is 10.4 Å². The van der Waals surface area contributed by atoms with E-state index < -0.39 is 5.72 Å². The van der Waals surface area contributed by atoms with E-state index in [1.165, 1.54) is 0 Å². The zero-order chi connectivity index (χ0) is 21.3.